The van der Waals surface area contributed by atoms with Crippen LogP contribution in [0.15, 0.2) is 75.9 Å². The lowest BCUT2D eigenvalue weighted by molar-refractivity contribution is 0.357. The summed E-state index contributed by atoms with van der Waals surface area (Å²) in [5.41, 5.74) is 0. The van der Waals surface area contributed by atoms with Gasteiger partial charge in [0.1, 0.15) is 0 Å². The Bertz CT molecular complexity index is 348. The quantitative estimate of drug-likeness (QED) is 0.335. The highest BCUT2D eigenvalue weighted by Gasteiger charge is 2.45. The molecule has 0 heterocycles. The lowest BCUT2D eigenvalue weighted by Gasteiger charge is -2.47. The molecule has 0 aliphatic heterocycles. The van der Waals surface area contributed by atoms with Gasteiger partial charge >= 0.3 is 8.72 Å². The molecule has 0 radical (unpaired) electrons. The maximum absolute atomic E-state index is 3.90. The highest BCUT2D eigenvalue weighted by molar-refractivity contribution is 6.69. The van der Waals surface area contributed by atoms with Crippen LogP contribution in [0.1, 0.15) is 0 Å². The van der Waals surface area contributed by atoms with Crippen molar-refractivity contribution in [2.24, 2.45) is 0 Å². The van der Waals surface area contributed by atoms with Gasteiger partial charge in [-0.05, 0) is 0 Å². The predicted octanol–water partition coefficient (Wildman–Crippen LogP) is 2.32. The maximum Gasteiger partial charge on any atom is 0.372 e. The molecule has 0 amide bonds. The molecule has 0 unspecified atom stereocenters. The summed E-state index contributed by atoms with van der Waals surface area (Å²) in [6.45, 7) is 27.7. The molecule has 0 bridgehead atoms. The Hall–Kier alpha value is -1.50. The molecule has 0 spiro atoms. The Morgan fingerprint density at radius 2 is 0.870 bits per heavy atom. The van der Waals surface area contributed by atoms with Crippen LogP contribution in [-0.4, -0.2) is 57.1 Å². The van der Waals surface area contributed by atoms with E-state index in [2.05, 4.69) is 58.6 Å². The average Bonchev–Trinajstić information content (AvgIpc) is 2.55. The molecule has 0 saturated heterocycles. The minimum absolute atomic E-state index is 0.700. The van der Waals surface area contributed by atoms with Gasteiger partial charge in [-0.3, -0.25) is 19.1 Å². The van der Waals surface area contributed by atoms with Crippen LogP contribution in [0.25, 0.3) is 0 Å². The molecule has 4 nitrogen and oxygen atoms in total. The molecular weight excluding hydrogens is 300 g/mol. The van der Waals surface area contributed by atoms with Crippen molar-refractivity contribution in [1.82, 2.24) is 19.1 Å². The molecular formula is C18H32N4Si. The fourth-order valence-corrected chi connectivity index (χ4v) is 6.29. The molecule has 2 N–H and O–H groups in total. The topological polar surface area (TPSA) is 30.5 Å². The first-order chi connectivity index (χ1) is 11.2. The van der Waals surface area contributed by atoms with Crippen molar-refractivity contribution in [2.45, 2.75) is 0 Å². The van der Waals surface area contributed by atoms with E-state index in [0.717, 1.165) is 26.2 Å². The first kappa shape index (κ1) is 21.5. The van der Waals surface area contributed by atoms with E-state index in [1.807, 2.05) is 36.5 Å². The van der Waals surface area contributed by atoms with Crippen LogP contribution in [0, 0.1) is 0 Å². The molecule has 0 aliphatic carbocycles. The number of hydrogen-bond acceptors (Lipinski definition) is 4. The summed E-state index contributed by atoms with van der Waals surface area (Å²) in [5.74, 6) is 0. The first-order valence-corrected chi connectivity index (χ1v) is 9.71. The third kappa shape index (κ3) is 6.64. The van der Waals surface area contributed by atoms with Crippen molar-refractivity contribution < 1.29 is 0 Å². The SMILES string of the molecule is C=CCN[Si](NCC=C)(N(CC=C)CC=C)N(CC=C)CC=C. The summed E-state index contributed by atoms with van der Waals surface area (Å²) < 4.78 is 4.71. The number of hydrogen-bond donors (Lipinski definition) is 2. The van der Waals surface area contributed by atoms with Crippen LogP contribution in [0.4, 0.5) is 0 Å². The minimum atomic E-state index is -2.44. The van der Waals surface area contributed by atoms with Crippen LogP contribution in [0.5, 0.6) is 0 Å². The van der Waals surface area contributed by atoms with Crippen molar-refractivity contribution in [3.05, 3.63) is 75.9 Å². The average molecular weight is 333 g/mol. The number of rotatable bonds is 16. The molecule has 5 heteroatoms. The lowest BCUT2D eigenvalue weighted by atomic mass is 10.5. The fraction of sp³-hybridized carbons (Fsp3) is 0.333. The third-order valence-electron chi connectivity index (χ3n) is 3.30. The normalized spacial score (nSPS) is 11.2. The van der Waals surface area contributed by atoms with Gasteiger partial charge in [0.15, 0.2) is 0 Å². The van der Waals surface area contributed by atoms with Crippen molar-refractivity contribution in [2.75, 3.05) is 39.3 Å². The second-order valence-corrected chi connectivity index (χ2v) is 8.29. The van der Waals surface area contributed by atoms with Crippen LogP contribution >= 0.6 is 0 Å². The van der Waals surface area contributed by atoms with Gasteiger partial charge < -0.3 is 0 Å². The second-order valence-electron chi connectivity index (χ2n) is 4.98. The van der Waals surface area contributed by atoms with E-state index in [-0.39, 0.29) is 0 Å². The Morgan fingerprint density at radius 1 is 0.565 bits per heavy atom. The highest BCUT2D eigenvalue weighted by atomic mass is 28.4. The molecule has 23 heavy (non-hydrogen) atoms. The van der Waals surface area contributed by atoms with Gasteiger partial charge in [-0.2, -0.15) is 0 Å². The Balaban J connectivity index is 5.91. The van der Waals surface area contributed by atoms with Gasteiger partial charge in [0.2, 0.25) is 0 Å². The van der Waals surface area contributed by atoms with Crippen molar-refractivity contribution in [1.29, 1.82) is 0 Å². The predicted molar refractivity (Wildman–Crippen MR) is 106 cm³/mol. The third-order valence-corrected chi connectivity index (χ3v) is 7.25. The van der Waals surface area contributed by atoms with Crippen LogP contribution in [0.3, 0.4) is 0 Å². The van der Waals surface area contributed by atoms with Gasteiger partial charge in [0.05, 0.1) is 0 Å². The molecule has 0 aromatic carbocycles. The fourth-order valence-electron chi connectivity index (χ4n) is 2.44. The lowest BCUT2D eigenvalue weighted by Crippen LogP contribution is -2.82. The zero-order valence-corrected chi connectivity index (χ0v) is 15.3. The van der Waals surface area contributed by atoms with Crippen molar-refractivity contribution in [3.63, 3.8) is 0 Å². The number of nitrogens with one attached hydrogen (secondary N) is 2. The molecule has 0 aromatic rings. The van der Waals surface area contributed by atoms with Crippen LogP contribution < -0.4 is 9.96 Å². The molecule has 128 valence electrons. The molecule has 0 aromatic heterocycles. The molecule has 0 rings (SSSR count). The van der Waals surface area contributed by atoms with E-state index >= 15 is 0 Å². The van der Waals surface area contributed by atoms with E-state index < -0.39 is 8.72 Å². The van der Waals surface area contributed by atoms with E-state index in [1.54, 1.807) is 0 Å². The van der Waals surface area contributed by atoms with Gasteiger partial charge in [-0.1, -0.05) is 36.5 Å². The Kier molecular flexibility index (Phi) is 12.1. The van der Waals surface area contributed by atoms with Crippen molar-refractivity contribution in [3.8, 4) is 0 Å². The molecule has 0 atom stereocenters. The standard InChI is InChI=1S/C18H32N4Si/c1-7-13-19-23(20-14-8-2,21(15-9-3)16-10-4)22(17-11-5)18-12-6/h7-12,19-20H,1-6,13-18H2. The van der Waals surface area contributed by atoms with Crippen LogP contribution in [-0.2, 0) is 0 Å². The van der Waals surface area contributed by atoms with Gasteiger partial charge in [-0.15, -0.1) is 39.5 Å². The zero-order chi connectivity index (χ0) is 17.6. The summed E-state index contributed by atoms with van der Waals surface area (Å²) in [4.78, 5) is 7.36. The summed E-state index contributed by atoms with van der Waals surface area (Å²) >= 11 is 0. The molecule has 0 fully saturated rings. The largest absolute Gasteiger partial charge is 0.372 e. The van der Waals surface area contributed by atoms with Gasteiger partial charge in [-0.25, -0.2) is 0 Å². The molecule has 0 aliphatic rings. The molecule has 0 saturated carbocycles. The summed E-state index contributed by atoms with van der Waals surface area (Å²) in [6.07, 6.45) is 11.4. The van der Waals surface area contributed by atoms with Gasteiger partial charge in [0.25, 0.3) is 0 Å². The monoisotopic (exact) mass is 332 g/mol. The van der Waals surface area contributed by atoms with E-state index in [9.17, 15) is 0 Å². The number of nitrogens with zero attached hydrogens (tertiary/aromatic N) is 2. The van der Waals surface area contributed by atoms with E-state index in [1.165, 1.54) is 0 Å². The summed E-state index contributed by atoms with van der Waals surface area (Å²) in [5, 5.41) is 0. The second kappa shape index (κ2) is 13.0. The highest BCUT2D eigenvalue weighted by Crippen LogP contribution is 2.12. The zero-order valence-electron chi connectivity index (χ0n) is 14.3. The van der Waals surface area contributed by atoms with Crippen LogP contribution in [0.2, 0.25) is 0 Å². The van der Waals surface area contributed by atoms with Crippen molar-refractivity contribution >= 4 is 8.72 Å². The maximum atomic E-state index is 3.90. The van der Waals surface area contributed by atoms with Gasteiger partial charge in [0, 0.05) is 39.3 Å². The van der Waals surface area contributed by atoms with E-state index in [0.29, 0.717) is 13.1 Å². The van der Waals surface area contributed by atoms with E-state index in [4.69, 9.17) is 0 Å². The summed E-state index contributed by atoms with van der Waals surface area (Å²) in [7, 11) is -2.44. The first-order valence-electron chi connectivity index (χ1n) is 7.82. The Morgan fingerprint density at radius 3 is 1.09 bits per heavy atom. The smallest absolute Gasteiger partial charge is 0.297 e. The summed E-state index contributed by atoms with van der Waals surface area (Å²) in [6, 6.07) is 0. The minimum Gasteiger partial charge on any atom is -0.297 e. The Labute approximate surface area is 143 Å².